The Kier molecular flexibility index (Phi) is 5.43. The minimum atomic E-state index is -2.92. The van der Waals surface area contributed by atoms with E-state index in [1.54, 1.807) is 6.92 Å². The maximum absolute atomic E-state index is 11.4. The Hall–Kier alpha value is -0.580. The van der Waals surface area contributed by atoms with Crippen molar-refractivity contribution < 1.29 is 8.42 Å². The minimum absolute atomic E-state index is 0.0565. The standard InChI is InChI=1S/C12H18ClNO2S/c1-3-17(15,16)9-10(2)14-8-11-5-4-6-12(13)7-11/h4-7,10,14H,3,8-9H2,1-2H3. The van der Waals surface area contributed by atoms with Crippen molar-refractivity contribution in [3.05, 3.63) is 34.9 Å². The van der Waals surface area contributed by atoms with Crippen LogP contribution >= 0.6 is 11.6 Å². The van der Waals surface area contributed by atoms with Gasteiger partial charge in [0.15, 0.2) is 9.84 Å². The summed E-state index contributed by atoms with van der Waals surface area (Å²) >= 11 is 5.87. The highest BCUT2D eigenvalue weighted by atomic mass is 35.5. The van der Waals surface area contributed by atoms with Crippen molar-refractivity contribution in [3.8, 4) is 0 Å². The molecule has 1 aromatic carbocycles. The first-order chi connectivity index (χ1) is 7.93. The van der Waals surface area contributed by atoms with Crippen molar-refractivity contribution in [1.29, 1.82) is 0 Å². The zero-order valence-electron chi connectivity index (χ0n) is 10.1. The first-order valence-corrected chi connectivity index (χ1v) is 7.81. The molecule has 0 saturated heterocycles. The molecule has 0 radical (unpaired) electrons. The Labute approximate surface area is 108 Å². The largest absolute Gasteiger partial charge is 0.309 e. The highest BCUT2D eigenvalue weighted by Gasteiger charge is 2.12. The molecule has 0 aliphatic carbocycles. The molecule has 0 heterocycles. The normalized spacial score (nSPS) is 13.6. The van der Waals surface area contributed by atoms with Gasteiger partial charge in [-0.05, 0) is 24.6 Å². The van der Waals surface area contributed by atoms with Gasteiger partial charge in [0.05, 0.1) is 5.75 Å². The van der Waals surface area contributed by atoms with Crippen LogP contribution in [-0.2, 0) is 16.4 Å². The molecule has 1 rings (SSSR count). The molecule has 1 unspecified atom stereocenters. The van der Waals surface area contributed by atoms with Crippen LogP contribution in [0.5, 0.6) is 0 Å². The number of halogens is 1. The lowest BCUT2D eigenvalue weighted by Crippen LogP contribution is -2.33. The smallest absolute Gasteiger partial charge is 0.151 e. The van der Waals surface area contributed by atoms with Crippen LogP contribution in [0.3, 0.4) is 0 Å². The molecule has 96 valence electrons. The topological polar surface area (TPSA) is 46.2 Å². The maximum Gasteiger partial charge on any atom is 0.151 e. The van der Waals surface area contributed by atoms with Gasteiger partial charge in [0, 0.05) is 23.4 Å². The Morgan fingerprint density at radius 2 is 2.12 bits per heavy atom. The Morgan fingerprint density at radius 3 is 2.71 bits per heavy atom. The fraction of sp³-hybridized carbons (Fsp3) is 0.500. The van der Waals surface area contributed by atoms with Crippen molar-refractivity contribution in [2.45, 2.75) is 26.4 Å². The van der Waals surface area contributed by atoms with Gasteiger partial charge < -0.3 is 5.32 Å². The molecule has 0 aliphatic rings. The van der Waals surface area contributed by atoms with Gasteiger partial charge in [-0.3, -0.25) is 0 Å². The SMILES string of the molecule is CCS(=O)(=O)CC(C)NCc1cccc(Cl)c1. The highest BCUT2D eigenvalue weighted by Crippen LogP contribution is 2.10. The minimum Gasteiger partial charge on any atom is -0.309 e. The van der Waals surface area contributed by atoms with Gasteiger partial charge in [0.25, 0.3) is 0 Å². The fourth-order valence-electron chi connectivity index (χ4n) is 1.50. The van der Waals surface area contributed by atoms with E-state index in [4.69, 9.17) is 11.6 Å². The second-order valence-corrected chi connectivity index (χ2v) is 6.95. The number of rotatable bonds is 6. The molecule has 0 spiro atoms. The van der Waals surface area contributed by atoms with E-state index in [0.717, 1.165) is 5.56 Å². The molecule has 1 atom stereocenters. The number of hydrogen-bond acceptors (Lipinski definition) is 3. The highest BCUT2D eigenvalue weighted by molar-refractivity contribution is 7.91. The summed E-state index contributed by atoms with van der Waals surface area (Å²) in [6, 6.07) is 7.47. The number of sulfone groups is 1. The van der Waals surface area contributed by atoms with E-state index in [2.05, 4.69) is 5.32 Å². The van der Waals surface area contributed by atoms with Crippen LogP contribution in [0.2, 0.25) is 5.02 Å². The quantitative estimate of drug-likeness (QED) is 0.866. The Bertz CT molecular complexity index is 459. The summed E-state index contributed by atoms with van der Waals surface area (Å²) in [6.07, 6.45) is 0. The summed E-state index contributed by atoms with van der Waals surface area (Å²) in [4.78, 5) is 0. The Morgan fingerprint density at radius 1 is 1.41 bits per heavy atom. The molecular formula is C12H18ClNO2S. The molecule has 0 saturated carbocycles. The van der Waals surface area contributed by atoms with Crippen LogP contribution in [0.15, 0.2) is 24.3 Å². The molecule has 5 heteroatoms. The predicted octanol–water partition coefficient (Wildman–Crippen LogP) is 2.25. The lowest BCUT2D eigenvalue weighted by molar-refractivity contribution is 0.557. The molecule has 0 fully saturated rings. The van der Waals surface area contributed by atoms with Crippen LogP contribution in [0.4, 0.5) is 0 Å². The summed E-state index contributed by atoms with van der Waals surface area (Å²) in [6.45, 7) is 4.16. The Balaban J connectivity index is 2.46. The van der Waals surface area contributed by atoms with Crippen LogP contribution in [-0.4, -0.2) is 26.0 Å². The molecule has 0 aliphatic heterocycles. The average Bonchev–Trinajstić information content (AvgIpc) is 2.26. The molecule has 0 aromatic heterocycles. The van der Waals surface area contributed by atoms with E-state index in [0.29, 0.717) is 11.6 Å². The summed E-state index contributed by atoms with van der Waals surface area (Å²) in [5.74, 6) is 0.361. The van der Waals surface area contributed by atoms with E-state index in [9.17, 15) is 8.42 Å². The molecule has 1 aromatic rings. The first-order valence-electron chi connectivity index (χ1n) is 5.61. The van der Waals surface area contributed by atoms with Crippen LogP contribution in [0.1, 0.15) is 19.4 Å². The van der Waals surface area contributed by atoms with Gasteiger partial charge in [-0.1, -0.05) is 30.7 Å². The average molecular weight is 276 g/mol. The van der Waals surface area contributed by atoms with Gasteiger partial charge in [-0.25, -0.2) is 8.42 Å². The molecular weight excluding hydrogens is 258 g/mol. The van der Waals surface area contributed by atoms with Crippen molar-refractivity contribution in [1.82, 2.24) is 5.32 Å². The van der Waals surface area contributed by atoms with Crippen LogP contribution in [0.25, 0.3) is 0 Å². The lowest BCUT2D eigenvalue weighted by Gasteiger charge is -2.13. The van der Waals surface area contributed by atoms with Crippen molar-refractivity contribution in [2.24, 2.45) is 0 Å². The third kappa shape index (κ3) is 5.52. The van der Waals surface area contributed by atoms with Gasteiger partial charge in [0.1, 0.15) is 0 Å². The zero-order chi connectivity index (χ0) is 12.9. The van der Waals surface area contributed by atoms with Crippen molar-refractivity contribution in [2.75, 3.05) is 11.5 Å². The zero-order valence-corrected chi connectivity index (χ0v) is 11.7. The van der Waals surface area contributed by atoms with Crippen molar-refractivity contribution >= 4 is 21.4 Å². The summed E-state index contributed by atoms with van der Waals surface area (Å²) in [5, 5.41) is 3.87. The lowest BCUT2D eigenvalue weighted by atomic mass is 10.2. The van der Waals surface area contributed by atoms with Crippen LogP contribution in [0, 0.1) is 0 Å². The van der Waals surface area contributed by atoms with Gasteiger partial charge in [-0.15, -0.1) is 0 Å². The summed E-state index contributed by atoms with van der Waals surface area (Å²) in [5.41, 5.74) is 1.05. The third-order valence-corrected chi connectivity index (χ3v) is 4.61. The monoisotopic (exact) mass is 275 g/mol. The van der Waals surface area contributed by atoms with E-state index >= 15 is 0 Å². The van der Waals surface area contributed by atoms with Gasteiger partial charge in [-0.2, -0.15) is 0 Å². The molecule has 0 amide bonds. The summed E-state index contributed by atoms with van der Waals surface area (Å²) < 4.78 is 22.8. The molecule has 17 heavy (non-hydrogen) atoms. The van der Waals surface area contributed by atoms with E-state index in [1.807, 2.05) is 31.2 Å². The number of benzene rings is 1. The second kappa shape index (κ2) is 6.38. The number of hydrogen-bond donors (Lipinski definition) is 1. The third-order valence-electron chi connectivity index (χ3n) is 2.49. The number of nitrogens with one attached hydrogen (secondary N) is 1. The van der Waals surface area contributed by atoms with Gasteiger partial charge >= 0.3 is 0 Å². The fourth-order valence-corrected chi connectivity index (χ4v) is 2.82. The van der Waals surface area contributed by atoms with E-state index in [-0.39, 0.29) is 17.5 Å². The maximum atomic E-state index is 11.4. The van der Waals surface area contributed by atoms with E-state index < -0.39 is 9.84 Å². The molecule has 1 N–H and O–H groups in total. The second-order valence-electron chi connectivity index (χ2n) is 4.11. The van der Waals surface area contributed by atoms with Gasteiger partial charge in [0.2, 0.25) is 0 Å². The van der Waals surface area contributed by atoms with E-state index in [1.165, 1.54) is 0 Å². The first kappa shape index (κ1) is 14.5. The van der Waals surface area contributed by atoms with Crippen molar-refractivity contribution in [3.63, 3.8) is 0 Å². The predicted molar refractivity (Wildman–Crippen MR) is 72.1 cm³/mol. The summed E-state index contributed by atoms with van der Waals surface area (Å²) in [7, 11) is -2.92. The molecule has 0 bridgehead atoms. The molecule has 3 nitrogen and oxygen atoms in total. The van der Waals surface area contributed by atoms with Crippen LogP contribution < -0.4 is 5.32 Å².